The quantitative estimate of drug-likeness (QED) is 0.216. The largest absolute Gasteiger partial charge is 0.481 e. The van der Waals surface area contributed by atoms with Gasteiger partial charge in [-0.05, 0) is 64.7 Å². The fourth-order valence-electron chi connectivity index (χ4n) is 5.30. The average molecular weight is 716 g/mol. The van der Waals surface area contributed by atoms with Crippen LogP contribution in [0.3, 0.4) is 0 Å². The van der Waals surface area contributed by atoms with Crippen molar-refractivity contribution in [3.8, 4) is 23.0 Å². The third-order valence-corrected chi connectivity index (χ3v) is 9.75. The second-order valence-corrected chi connectivity index (χ2v) is 15.2. The van der Waals surface area contributed by atoms with Crippen molar-refractivity contribution in [2.24, 2.45) is 10.8 Å². The Bertz CT molecular complexity index is 1950. The van der Waals surface area contributed by atoms with E-state index in [4.69, 9.17) is 4.74 Å². The second-order valence-electron chi connectivity index (χ2n) is 13.6. The van der Waals surface area contributed by atoms with Gasteiger partial charge in [-0.3, -0.25) is 9.52 Å². The number of aliphatic carboxylic acids is 1. The number of hydrogen-bond donors (Lipinski definition) is 2. The van der Waals surface area contributed by atoms with Gasteiger partial charge in [0.1, 0.15) is 18.1 Å². The first-order chi connectivity index (χ1) is 23.5. The molecule has 1 aromatic carbocycles. The molecule has 2 N–H and O–H groups in total. The first-order valence-corrected chi connectivity index (χ1v) is 17.6. The normalized spacial score (nSPS) is 15.8. The van der Waals surface area contributed by atoms with E-state index >= 15 is 0 Å². The zero-order valence-electron chi connectivity index (χ0n) is 28.2. The van der Waals surface area contributed by atoms with Crippen molar-refractivity contribution in [1.29, 1.82) is 0 Å². The highest BCUT2D eigenvalue weighted by molar-refractivity contribution is 7.92. The predicted octanol–water partition coefficient (Wildman–Crippen LogP) is 6.53. The topological polar surface area (TPSA) is 152 Å². The Hall–Kier alpha value is -4.73. The third kappa shape index (κ3) is 8.34. The molecule has 0 spiro atoms. The molecule has 0 fully saturated rings. The molecule has 0 amide bonds. The Morgan fingerprint density at radius 1 is 0.980 bits per heavy atom. The molecule has 268 valence electrons. The molecule has 4 heterocycles. The molecule has 50 heavy (non-hydrogen) atoms. The zero-order chi connectivity index (χ0) is 36.3. The summed E-state index contributed by atoms with van der Waals surface area (Å²) in [6.45, 7) is 5.26. The van der Waals surface area contributed by atoms with E-state index in [2.05, 4.69) is 24.8 Å². The molecule has 1 aliphatic rings. The average Bonchev–Trinajstić information content (AvgIpc) is 3.53. The Labute approximate surface area is 288 Å². The van der Waals surface area contributed by atoms with E-state index in [1.54, 1.807) is 30.9 Å². The highest BCUT2D eigenvalue weighted by Gasteiger charge is 2.48. The Kier molecular flexibility index (Phi) is 10.4. The number of benzene rings is 1. The van der Waals surface area contributed by atoms with Crippen LogP contribution in [0.4, 0.5) is 24.8 Å². The van der Waals surface area contributed by atoms with Gasteiger partial charge in [0.2, 0.25) is 5.88 Å². The Morgan fingerprint density at radius 3 is 2.46 bits per heavy atom. The van der Waals surface area contributed by atoms with Crippen molar-refractivity contribution < 1.29 is 36.2 Å². The number of ether oxygens (including phenoxy) is 1. The standard InChI is InChI=1S/C34H40F3N7O5S/c1-32(2,31(45)46)21-43-18-10-6-5-7-12-23-13-8-9-14-24(23)29-30(44-19-17-27(41-44)49-22-33(3,4)34(35,36)37)38-20-25(39-29)42-50(47,48)28-16-11-15-26(43)40-28/h8-9,11,13-17,19-20H,5-7,10,12,18,21-22H2,1-4H3,(H,39,42)(H,45,46). The lowest BCUT2D eigenvalue weighted by Crippen LogP contribution is -2.40. The molecule has 0 saturated heterocycles. The van der Waals surface area contributed by atoms with Crippen molar-refractivity contribution in [2.75, 3.05) is 29.3 Å². The molecule has 1 aliphatic heterocycles. The Morgan fingerprint density at radius 2 is 1.72 bits per heavy atom. The van der Waals surface area contributed by atoms with Crippen molar-refractivity contribution >= 4 is 27.6 Å². The summed E-state index contributed by atoms with van der Waals surface area (Å²) in [6, 6.07) is 13.5. The van der Waals surface area contributed by atoms with Gasteiger partial charge in [0.05, 0.1) is 17.0 Å². The predicted molar refractivity (Wildman–Crippen MR) is 181 cm³/mol. The second kappa shape index (κ2) is 14.2. The summed E-state index contributed by atoms with van der Waals surface area (Å²) >= 11 is 0. The molecule has 0 aliphatic carbocycles. The summed E-state index contributed by atoms with van der Waals surface area (Å²) in [4.78, 5) is 27.4. The van der Waals surface area contributed by atoms with Gasteiger partial charge >= 0.3 is 12.1 Å². The number of pyridine rings is 1. The maximum Gasteiger partial charge on any atom is 0.397 e. The number of carbonyl (C=O) groups is 1. The summed E-state index contributed by atoms with van der Waals surface area (Å²) < 4.78 is 76.8. The van der Waals surface area contributed by atoms with Crippen molar-refractivity contribution in [3.05, 3.63) is 66.5 Å². The van der Waals surface area contributed by atoms with E-state index in [1.165, 1.54) is 29.2 Å². The van der Waals surface area contributed by atoms with Gasteiger partial charge in [-0.2, -0.15) is 21.6 Å². The maximum atomic E-state index is 13.7. The number of carboxylic acids is 1. The van der Waals surface area contributed by atoms with Crippen LogP contribution in [0.2, 0.25) is 0 Å². The molecule has 3 aromatic heterocycles. The van der Waals surface area contributed by atoms with Crippen LogP contribution in [-0.2, 0) is 21.2 Å². The molecular formula is C34H40F3N7O5S. The van der Waals surface area contributed by atoms with Gasteiger partial charge in [-0.25, -0.2) is 19.6 Å². The van der Waals surface area contributed by atoms with E-state index in [0.717, 1.165) is 45.1 Å². The summed E-state index contributed by atoms with van der Waals surface area (Å²) in [5, 5.41) is 13.8. The van der Waals surface area contributed by atoms with Crippen molar-refractivity contribution in [1.82, 2.24) is 24.7 Å². The number of hydrogen-bond acceptors (Lipinski definition) is 9. The molecule has 0 atom stereocenters. The number of rotatable bonds is 7. The number of fused-ring (bicyclic) bond motifs is 6. The summed E-state index contributed by atoms with van der Waals surface area (Å²) in [6.07, 6.45) is 2.17. The van der Waals surface area contributed by atoms with E-state index in [9.17, 15) is 31.5 Å². The number of aromatic nitrogens is 5. The molecule has 5 rings (SSSR count). The first-order valence-electron chi connectivity index (χ1n) is 16.2. The molecular weight excluding hydrogens is 675 g/mol. The molecule has 12 nitrogen and oxygen atoms in total. The minimum Gasteiger partial charge on any atom is -0.481 e. The molecule has 0 unspecified atom stereocenters. The van der Waals surface area contributed by atoms with Crippen molar-refractivity contribution in [3.63, 3.8) is 0 Å². The molecule has 4 bridgehead atoms. The van der Waals surface area contributed by atoms with Crippen LogP contribution < -0.4 is 14.4 Å². The van der Waals surface area contributed by atoms with E-state index in [1.807, 2.05) is 24.3 Å². The summed E-state index contributed by atoms with van der Waals surface area (Å²) in [7, 11) is -4.30. The molecule has 0 saturated carbocycles. The van der Waals surface area contributed by atoms with E-state index < -0.39 is 39.6 Å². The van der Waals surface area contributed by atoms with Gasteiger partial charge in [-0.1, -0.05) is 43.2 Å². The number of sulfonamides is 1. The lowest BCUT2D eigenvalue weighted by atomic mass is 9.93. The van der Waals surface area contributed by atoms with Gasteiger partial charge in [0.25, 0.3) is 10.0 Å². The van der Waals surface area contributed by atoms with Crippen LogP contribution in [-0.4, -0.2) is 70.1 Å². The van der Waals surface area contributed by atoms with E-state index in [0.29, 0.717) is 30.0 Å². The number of nitrogens with one attached hydrogen (secondary N) is 1. The number of halogens is 3. The SMILES string of the molecule is CC(C)(CN1CCCCCCc2ccccc2-c2nc(cnc2-n2ccc(OCC(C)(C)C(F)(F)F)n2)NS(=O)(=O)c2cccc1n2)C(=O)O. The molecule has 16 heteroatoms. The molecule has 0 radical (unpaired) electrons. The minimum atomic E-state index is -4.48. The maximum absolute atomic E-state index is 13.7. The lowest BCUT2D eigenvalue weighted by molar-refractivity contribution is -0.219. The lowest BCUT2D eigenvalue weighted by Gasteiger charge is -2.31. The molecule has 4 aromatic rings. The van der Waals surface area contributed by atoms with Gasteiger partial charge < -0.3 is 14.7 Å². The minimum absolute atomic E-state index is 0.0506. The Balaban J connectivity index is 1.54. The van der Waals surface area contributed by atoms with Crippen LogP contribution in [0.25, 0.3) is 17.1 Å². The smallest absolute Gasteiger partial charge is 0.397 e. The van der Waals surface area contributed by atoms with Crippen LogP contribution in [0.5, 0.6) is 5.88 Å². The number of nitrogens with zero attached hydrogens (tertiary/aromatic N) is 6. The van der Waals surface area contributed by atoms with E-state index in [-0.39, 0.29) is 29.1 Å². The van der Waals surface area contributed by atoms with Gasteiger partial charge in [0.15, 0.2) is 16.7 Å². The van der Waals surface area contributed by atoms with Crippen molar-refractivity contribution in [2.45, 2.75) is 71.0 Å². The summed E-state index contributed by atoms with van der Waals surface area (Å²) in [5.41, 5.74) is -1.33. The van der Waals surface area contributed by atoms with Crippen LogP contribution in [0.1, 0.15) is 58.9 Å². The van der Waals surface area contributed by atoms with Crippen LogP contribution >= 0.6 is 0 Å². The fourth-order valence-corrected chi connectivity index (χ4v) is 6.25. The monoisotopic (exact) mass is 715 g/mol. The number of anilines is 2. The third-order valence-electron chi connectivity index (χ3n) is 8.49. The fraction of sp³-hybridized carbons (Fsp3) is 0.441. The highest BCUT2D eigenvalue weighted by Crippen LogP contribution is 2.38. The van der Waals surface area contributed by atoms with Gasteiger partial charge in [0, 0.05) is 30.9 Å². The first kappa shape index (κ1) is 36.5. The highest BCUT2D eigenvalue weighted by atomic mass is 32.2. The van der Waals surface area contributed by atoms with Crippen LogP contribution in [0, 0.1) is 10.8 Å². The number of aryl methyl sites for hydroxylation is 1. The summed E-state index contributed by atoms with van der Waals surface area (Å²) in [5.74, 6) is -0.594. The number of alkyl halides is 3. The van der Waals surface area contributed by atoms with Crippen LogP contribution in [0.15, 0.2) is 66.0 Å². The number of carboxylic acid groups (broad SMARTS) is 1. The zero-order valence-corrected chi connectivity index (χ0v) is 29.1. The van der Waals surface area contributed by atoms with Gasteiger partial charge in [-0.15, -0.1) is 5.10 Å².